The number of aryl methyl sites for hydroxylation is 1. The number of nitrogens with zero attached hydrogens (tertiary/aromatic N) is 5. The summed E-state index contributed by atoms with van der Waals surface area (Å²) in [5.74, 6) is 1.09. The summed E-state index contributed by atoms with van der Waals surface area (Å²) in [5.41, 5.74) is 2.06. The summed E-state index contributed by atoms with van der Waals surface area (Å²) in [7, 11) is 2.12. The molecular weight excluding hydrogens is 486 g/mol. The zero-order chi connectivity index (χ0) is 25.8. The number of ether oxygens (including phenoxy) is 1. The summed E-state index contributed by atoms with van der Waals surface area (Å²) >= 11 is 6.24. The van der Waals surface area contributed by atoms with Crippen molar-refractivity contribution >= 4 is 17.5 Å². The molecule has 1 aromatic heterocycles. The van der Waals surface area contributed by atoms with Gasteiger partial charge in [0.25, 0.3) is 0 Å². The van der Waals surface area contributed by atoms with E-state index in [0.717, 1.165) is 75.0 Å². The number of benzene rings is 1. The second-order valence-electron chi connectivity index (χ2n) is 11.6. The number of hydrogen-bond acceptors (Lipinski definition) is 5. The van der Waals surface area contributed by atoms with Gasteiger partial charge in [-0.2, -0.15) is 5.10 Å². The Morgan fingerprint density at radius 2 is 1.92 bits per heavy atom. The molecule has 2 saturated heterocycles. The van der Waals surface area contributed by atoms with Gasteiger partial charge >= 0.3 is 0 Å². The molecule has 3 aliphatic rings. The second-order valence-corrected chi connectivity index (χ2v) is 12.0. The highest BCUT2D eigenvalue weighted by atomic mass is 35.5. The molecule has 0 bridgehead atoms. The molecule has 1 aromatic carbocycles. The van der Waals surface area contributed by atoms with Crippen LogP contribution in [0.3, 0.4) is 0 Å². The summed E-state index contributed by atoms with van der Waals surface area (Å²) < 4.78 is 8.56. The second kappa shape index (κ2) is 11.7. The molecule has 1 saturated carbocycles. The van der Waals surface area contributed by atoms with Gasteiger partial charge in [-0.3, -0.25) is 14.4 Å². The maximum Gasteiger partial charge on any atom is 0.223 e. The minimum absolute atomic E-state index is 0.215. The summed E-state index contributed by atoms with van der Waals surface area (Å²) in [6.07, 6.45) is 12.0. The third-order valence-corrected chi connectivity index (χ3v) is 8.98. The van der Waals surface area contributed by atoms with E-state index < -0.39 is 0 Å². The van der Waals surface area contributed by atoms with Crippen LogP contribution in [-0.4, -0.2) is 83.3 Å². The van der Waals surface area contributed by atoms with Crippen molar-refractivity contribution in [3.8, 4) is 5.75 Å². The topological polar surface area (TPSA) is 53.8 Å². The minimum Gasteiger partial charge on any atom is -0.493 e. The van der Waals surface area contributed by atoms with Crippen molar-refractivity contribution in [1.29, 1.82) is 0 Å². The predicted molar refractivity (Wildman–Crippen MR) is 147 cm³/mol. The third kappa shape index (κ3) is 6.68. The smallest absolute Gasteiger partial charge is 0.223 e. The highest BCUT2D eigenvalue weighted by Crippen LogP contribution is 2.37. The average molecular weight is 528 g/mol. The maximum atomic E-state index is 13.5. The molecule has 37 heavy (non-hydrogen) atoms. The van der Waals surface area contributed by atoms with E-state index >= 15 is 0 Å². The molecule has 5 rings (SSSR count). The summed E-state index contributed by atoms with van der Waals surface area (Å²) in [5, 5.41) is 5.44. The number of carbonyl (C=O) groups excluding carboxylic acids is 1. The lowest BCUT2D eigenvalue weighted by Crippen LogP contribution is -2.52. The van der Waals surface area contributed by atoms with Gasteiger partial charge in [0.1, 0.15) is 5.75 Å². The Balaban J connectivity index is 1.28. The van der Waals surface area contributed by atoms with Crippen LogP contribution in [0.2, 0.25) is 5.02 Å². The lowest BCUT2D eigenvalue weighted by Gasteiger charge is -2.43. The number of amides is 1. The normalized spacial score (nSPS) is 24.0. The van der Waals surface area contributed by atoms with Crippen molar-refractivity contribution in [2.24, 2.45) is 5.41 Å². The molecule has 1 atom stereocenters. The van der Waals surface area contributed by atoms with Crippen molar-refractivity contribution in [3.05, 3.63) is 46.7 Å². The third-order valence-electron chi connectivity index (χ3n) is 8.56. The van der Waals surface area contributed by atoms with Gasteiger partial charge in [0, 0.05) is 67.9 Å². The first kappa shape index (κ1) is 26.5. The van der Waals surface area contributed by atoms with Gasteiger partial charge in [-0.25, -0.2) is 0 Å². The SMILES string of the molecule is Cc1cc(OC[C@@]2(CC(=O)N3CCN(C)CC3)CCCN(Cc3cnn(C4CCCC4)c3)C2)ccc1Cl. The molecule has 8 heteroatoms. The molecule has 2 aliphatic heterocycles. The number of rotatable bonds is 8. The average Bonchev–Trinajstić information content (AvgIpc) is 3.58. The molecule has 0 spiro atoms. The summed E-state index contributed by atoms with van der Waals surface area (Å²) in [6.45, 7) is 8.80. The lowest BCUT2D eigenvalue weighted by molar-refractivity contribution is -0.137. The first-order chi connectivity index (χ1) is 17.9. The van der Waals surface area contributed by atoms with Crippen molar-refractivity contribution < 1.29 is 9.53 Å². The fraction of sp³-hybridized carbons (Fsp3) is 0.655. The highest BCUT2D eigenvalue weighted by Gasteiger charge is 2.40. The number of likely N-dealkylation sites (tertiary alicyclic amines) is 1. The van der Waals surface area contributed by atoms with Crippen LogP contribution >= 0.6 is 11.6 Å². The van der Waals surface area contributed by atoms with E-state index in [4.69, 9.17) is 21.4 Å². The van der Waals surface area contributed by atoms with Gasteiger partial charge in [0.05, 0.1) is 18.8 Å². The van der Waals surface area contributed by atoms with Crippen LogP contribution in [0.4, 0.5) is 0 Å². The van der Waals surface area contributed by atoms with E-state index in [0.29, 0.717) is 19.1 Å². The number of hydrogen-bond donors (Lipinski definition) is 0. The first-order valence-corrected chi connectivity index (χ1v) is 14.4. The Kier molecular flexibility index (Phi) is 8.42. The van der Waals surface area contributed by atoms with Crippen LogP contribution in [0, 0.1) is 12.3 Å². The van der Waals surface area contributed by atoms with Crippen molar-refractivity contribution in [2.75, 3.05) is 52.9 Å². The quantitative estimate of drug-likeness (QED) is 0.494. The molecule has 3 fully saturated rings. The molecule has 7 nitrogen and oxygen atoms in total. The molecule has 3 heterocycles. The van der Waals surface area contributed by atoms with E-state index in [2.05, 4.69) is 32.6 Å². The zero-order valence-corrected chi connectivity index (χ0v) is 23.3. The number of aromatic nitrogens is 2. The molecule has 0 N–H and O–H groups in total. The maximum absolute atomic E-state index is 13.5. The monoisotopic (exact) mass is 527 g/mol. The fourth-order valence-corrected chi connectivity index (χ4v) is 6.39. The molecule has 2 aromatic rings. The summed E-state index contributed by atoms with van der Waals surface area (Å²) in [6, 6.07) is 6.38. The van der Waals surface area contributed by atoms with E-state index in [1.54, 1.807) is 0 Å². The Morgan fingerprint density at radius 3 is 2.68 bits per heavy atom. The molecule has 0 unspecified atom stereocenters. The van der Waals surface area contributed by atoms with Crippen LogP contribution in [-0.2, 0) is 11.3 Å². The Labute approximate surface area is 226 Å². The van der Waals surface area contributed by atoms with Crippen molar-refractivity contribution in [1.82, 2.24) is 24.5 Å². The molecular formula is C29H42ClN5O2. The van der Waals surface area contributed by atoms with E-state index in [1.165, 1.54) is 31.2 Å². The van der Waals surface area contributed by atoms with Gasteiger partial charge in [-0.05, 0) is 70.0 Å². The standard InChI is InChI=1S/C29H42ClN5O2/c1-23-16-26(8-9-27(23)30)37-22-29(17-28(36)34-14-12-32(2)13-15-34)10-5-11-33(21-29)19-24-18-31-35(20-24)25-6-3-4-7-25/h8-9,16,18,20,25H,3-7,10-15,17,19,21-22H2,1-2H3/t29-/m1/s1. The van der Waals surface area contributed by atoms with E-state index in [1.807, 2.05) is 31.3 Å². The fourth-order valence-electron chi connectivity index (χ4n) is 6.28. The van der Waals surface area contributed by atoms with Crippen LogP contribution in [0.1, 0.15) is 62.1 Å². The Bertz CT molecular complexity index is 1060. The number of piperazine rings is 1. The summed E-state index contributed by atoms with van der Waals surface area (Å²) in [4.78, 5) is 20.4. The predicted octanol–water partition coefficient (Wildman–Crippen LogP) is 4.79. The number of likely N-dealkylation sites (N-methyl/N-ethyl adjacent to an activating group) is 1. The van der Waals surface area contributed by atoms with Gasteiger partial charge in [-0.15, -0.1) is 0 Å². The van der Waals surface area contributed by atoms with Gasteiger partial charge in [0.2, 0.25) is 5.91 Å². The molecule has 0 radical (unpaired) electrons. The Hall–Kier alpha value is -2.09. The number of carbonyl (C=O) groups is 1. The van der Waals surface area contributed by atoms with Crippen LogP contribution < -0.4 is 4.74 Å². The van der Waals surface area contributed by atoms with Gasteiger partial charge < -0.3 is 14.5 Å². The van der Waals surface area contributed by atoms with Gasteiger partial charge in [-0.1, -0.05) is 24.4 Å². The number of piperidine rings is 1. The van der Waals surface area contributed by atoms with Crippen LogP contribution in [0.15, 0.2) is 30.6 Å². The zero-order valence-electron chi connectivity index (χ0n) is 22.5. The molecule has 202 valence electrons. The first-order valence-electron chi connectivity index (χ1n) is 14.0. The van der Waals surface area contributed by atoms with E-state index in [9.17, 15) is 4.79 Å². The van der Waals surface area contributed by atoms with Gasteiger partial charge in [0.15, 0.2) is 0 Å². The van der Waals surface area contributed by atoms with Crippen molar-refractivity contribution in [3.63, 3.8) is 0 Å². The van der Waals surface area contributed by atoms with Crippen molar-refractivity contribution in [2.45, 2.75) is 64.5 Å². The highest BCUT2D eigenvalue weighted by molar-refractivity contribution is 6.31. The van der Waals surface area contributed by atoms with E-state index in [-0.39, 0.29) is 11.3 Å². The van der Waals surface area contributed by atoms with Crippen LogP contribution in [0.5, 0.6) is 5.75 Å². The number of halogens is 1. The largest absolute Gasteiger partial charge is 0.493 e. The molecule has 1 amide bonds. The van der Waals surface area contributed by atoms with Crippen LogP contribution in [0.25, 0.3) is 0 Å². The Morgan fingerprint density at radius 1 is 1.14 bits per heavy atom. The lowest BCUT2D eigenvalue weighted by atomic mass is 9.77. The molecule has 1 aliphatic carbocycles. The minimum atomic E-state index is -0.215.